The summed E-state index contributed by atoms with van der Waals surface area (Å²) in [4.78, 5) is 29.7. The third-order valence-corrected chi connectivity index (χ3v) is 6.91. The molecule has 2 aliphatic rings. The predicted octanol–water partition coefficient (Wildman–Crippen LogP) is 3.67. The van der Waals surface area contributed by atoms with E-state index in [9.17, 15) is 9.59 Å². The van der Waals surface area contributed by atoms with Crippen molar-refractivity contribution < 1.29 is 9.59 Å². The molecular formula is C24H38N4O2. The van der Waals surface area contributed by atoms with Gasteiger partial charge >= 0.3 is 0 Å². The highest BCUT2D eigenvalue weighted by Crippen LogP contribution is 2.46. The number of rotatable bonds is 8. The maximum atomic E-state index is 13.3. The quantitative estimate of drug-likeness (QED) is 0.605. The van der Waals surface area contributed by atoms with Crippen molar-refractivity contribution in [1.82, 2.24) is 15.6 Å². The Hall–Kier alpha value is -2.11. The Morgan fingerprint density at radius 2 is 1.87 bits per heavy atom. The first-order valence-electron chi connectivity index (χ1n) is 11.7. The van der Waals surface area contributed by atoms with Crippen molar-refractivity contribution in [3.05, 3.63) is 23.9 Å². The SMILES string of the molecule is CC(C)CC(=O)NC[C@H](C(=O)NCc1ccc(N)nc1)C1CCCC2CCCCC21. The van der Waals surface area contributed by atoms with E-state index in [1.165, 1.54) is 38.5 Å². The van der Waals surface area contributed by atoms with Gasteiger partial charge in [0.15, 0.2) is 0 Å². The van der Waals surface area contributed by atoms with E-state index in [1.54, 1.807) is 12.3 Å². The van der Waals surface area contributed by atoms with Gasteiger partial charge in [-0.05, 0) is 48.1 Å². The highest BCUT2D eigenvalue weighted by atomic mass is 16.2. The molecule has 4 N–H and O–H groups in total. The Kier molecular flexibility index (Phi) is 8.11. The summed E-state index contributed by atoms with van der Waals surface area (Å²) in [5.41, 5.74) is 6.58. The number of hydrogen-bond acceptors (Lipinski definition) is 4. The number of carbonyl (C=O) groups excluding carboxylic acids is 2. The summed E-state index contributed by atoms with van der Waals surface area (Å²) in [5, 5.41) is 6.17. The van der Waals surface area contributed by atoms with Crippen molar-refractivity contribution in [3.63, 3.8) is 0 Å². The van der Waals surface area contributed by atoms with Gasteiger partial charge in [0.25, 0.3) is 0 Å². The van der Waals surface area contributed by atoms with Gasteiger partial charge in [-0.1, -0.05) is 52.0 Å². The Morgan fingerprint density at radius 1 is 1.10 bits per heavy atom. The highest BCUT2D eigenvalue weighted by molar-refractivity contribution is 5.81. The molecule has 166 valence electrons. The van der Waals surface area contributed by atoms with Crippen LogP contribution in [0, 0.1) is 29.6 Å². The first-order chi connectivity index (χ1) is 14.4. The van der Waals surface area contributed by atoms with Crippen molar-refractivity contribution in [2.75, 3.05) is 12.3 Å². The monoisotopic (exact) mass is 414 g/mol. The molecule has 2 saturated carbocycles. The standard InChI is InChI=1S/C24H38N4O2/c1-16(2)12-23(29)27-15-21(20-9-5-7-18-6-3-4-8-19(18)20)24(30)28-14-17-10-11-22(25)26-13-17/h10-11,13,16,18-21H,3-9,12,14-15H2,1-2H3,(H2,25,26)(H,27,29)(H,28,30)/t18?,19?,20?,21-/m0/s1. The van der Waals surface area contributed by atoms with Gasteiger partial charge in [-0.3, -0.25) is 9.59 Å². The van der Waals surface area contributed by atoms with Crippen LogP contribution in [0.15, 0.2) is 18.3 Å². The molecule has 2 amide bonds. The summed E-state index contributed by atoms with van der Waals surface area (Å²) in [6.07, 6.45) is 10.9. The van der Waals surface area contributed by atoms with Crippen molar-refractivity contribution >= 4 is 17.6 Å². The molecule has 0 bridgehead atoms. The summed E-state index contributed by atoms with van der Waals surface area (Å²) >= 11 is 0. The largest absolute Gasteiger partial charge is 0.384 e. The van der Waals surface area contributed by atoms with E-state index in [2.05, 4.69) is 15.6 Å². The number of hydrogen-bond donors (Lipinski definition) is 3. The second kappa shape index (κ2) is 10.8. The van der Waals surface area contributed by atoms with Crippen molar-refractivity contribution in [3.8, 4) is 0 Å². The van der Waals surface area contributed by atoms with Crippen molar-refractivity contribution in [2.45, 2.75) is 71.8 Å². The maximum Gasteiger partial charge on any atom is 0.225 e. The number of pyridine rings is 1. The van der Waals surface area contributed by atoms with Crippen LogP contribution in [-0.4, -0.2) is 23.3 Å². The highest BCUT2D eigenvalue weighted by Gasteiger charge is 2.41. The second-order valence-electron chi connectivity index (χ2n) is 9.62. The Labute approximate surface area is 180 Å². The molecule has 1 aromatic heterocycles. The molecule has 1 aromatic rings. The van der Waals surface area contributed by atoms with Crippen molar-refractivity contribution in [2.24, 2.45) is 29.6 Å². The number of anilines is 1. The minimum atomic E-state index is -0.172. The first-order valence-corrected chi connectivity index (χ1v) is 11.7. The lowest BCUT2D eigenvalue weighted by molar-refractivity contribution is -0.129. The molecule has 0 spiro atoms. The topological polar surface area (TPSA) is 97.1 Å². The summed E-state index contributed by atoms with van der Waals surface area (Å²) in [6.45, 7) is 4.95. The maximum absolute atomic E-state index is 13.3. The van der Waals surface area contributed by atoms with Crippen LogP contribution < -0.4 is 16.4 Å². The molecule has 4 atom stereocenters. The zero-order chi connectivity index (χ0) is 21.5. The van der Waals surface area contributed by atoms with Gasteiger partial charge in [-0.25, -0.2) is 4.98 Å². The minimum Gasteiger partial charge on any atom is -0.384 e. The van der Waals surface area contributed by atoms with Gasteiger partial charge in [0, 0.05) is 25.7 Å². The molecule has 6 nitrogen and oxygen atoms in total. The van der Waals surface area contributed by atoms with Crippen LogP contribution in [0.4, 0.5) is 5.82 Å². The molecule has 2 aliphatic carbocycles. The van der Waals surface area contributed by atoms with Gasteiger partial charge in [0.2, 0.25) is 11.8 Å². The Morgan fingerprint density at radius 3 is 2.60 bits per heavy atom. The zero-order valence-electron chi connectivity index (χ0n) is 18.5. The van der Waals surface area contributed by atoms with Crippen LogP contribution in [0.1, 0.15) is 70.8 Å². The number of nitrogens with one attached hydrogen (secondary N) is 2. The van der Waals surface area contributed by atoms with E-state index in [-0.39, 0.29) is 17.7 Å². The van der Waals surface area contributed by atoms with E-state index in [4.69, 9.17) is 5.73 Å². The lowest BCUT2D eigenvalue weighted by Gasteiger charge is -2.44. The smallest absolute Gasteiger partial charge is 0.225 e. The van der Waals surface area contributed by atoms with Crippen molar-refractivity contribution in [1.29, 1.82) is 0 Å². The van der Waals surface area contributed by atoms with Gasteiger partial charge in [-0.2, -0.15) is 0 Å². The van der Waals surface area contributed by atoms with Crippen LogP contribution in [0.5, 0.6) is 0 Å². The number of nitrogen functional groups attached to an aromatic ring is 1. The fourth-order valence-corrected chi connectivity index (χ4v) is 5.45. The molecular weight excluding hydrogens is 376 g/mol. The van der Waals surface area contributed by atoms with Crippen LogP contribution in [-0.2, 0) is 16.1 Å². The molecule has 0 saturated heterocycles. The average molecular weight is 415 g/mol. The van der Waals surface area contributed by atoms with Gasteiger partial charge in [0.05, 0.1) is 5.92 Å². The summed E-state index contributed by atoms with van der Waals surface area (Å²) in [6, 6.07) is 3.64. The zero-order valence-corrected chi connectivity index (χ0v) is 18.5. The Balaban J connectivity index is 1.68. The van der Waals surface area contributed by atoms with E-state index < -0.39 is 0 Å². The number of fused-ring (bicyclic) bond motifs is 1. The molecule has 3 rings (SSSR count). The van der Waals surface area contributed by atoms with Gasteiger partial charge in [0.1, 0.15) is 5.82 Å². The summed E-state index contributed by atoms with van der Waals surface area (Å²) in [5.74, 6) is 2.43. The number of nitrogens with two attached hydrogens (primary N) is 1. The first kappa shape index (κ1) is 22.6. The van der Waals surface area contributed by atoms with E-state index in [0.717, 1.165) is 17.9 Å². The summed E-state index contributed by atoms with van der Waals surface area (Å²) < 4.78 is 0. The predicted molar refractivity (Wildman–Crippen MR) is 119 cm³/mol. The van der Waals surface area contributed by atoms with Gasteiger partial charge < -0.3 is 16.4 Å². The number of carbonyl (C=O) groups is 2. The lowest BCUT2D eigenvalue weighted by Crippen LogP contribution is -2.47. The number of aromatic nitrogens is 1. The fourth-order valence-electron chi connectivity index (χ4n) is 5.45. The molecule has 0 aromatic carbocycles. The fraction of sp³-hybridized carbons (Fsp3) is 0.708. The van der Waals surface area contributed by atoms with Gasteiger partial charge in [-0.15, -0.1) is 0 Å². The van der Waals surface area contributed by atoms with Crippen LogP contribution >= 0.6 is 0 Å². The third kappa shape index (κ3) is 6.19. The lowest BCUT2D eigenvalue weighted by atomic mass is 9.62. The normalized spacial score (nSPS) is 24.7. The minimum absolute atomic E-state index is 0.0431. The molecule has 6 heteroatoms. The van der Waals surface area contributed by atoms with Crippen LogP contribution in [0.25, 0.3) is 0 Å². The van der Waals surface area contributed by atoms with E-state index in [0.29, 0.717) is 43.1 Å². The molecule has 0 radical (unpaired) electrons. The van der Waals surface area contributed by atoms with E-state index >= 15 is 0 Å². The second-order valence-corrected chi connectivity index (χ2v) is 9.62. The molecule has 1 heterocycles. The molecule has 30 heavy (non-hydrogen) atoms. The average Bonchev–Trinajstić information content (AvgIpc) is 2.73. The van der Waals surface area contributed by atoms with E-state index in [1.807, 2.05) is 19.9 Å². The number of amides is 2. The molecule has 3 unspecified atom stereocenters. The molecule has 2 fully saturated rings. The summed E-state index contributed by atoms with van der Waals surface area (Å²) in [7, 11) is 0. The molecule has 0 aliphatic heterocycles. The Bertz CT molecular complexity index is 702. The third-order valence-electron chi connectivity index (χ3n) is 6.91. The number of nitrogens with zero attached hydrogens (tertiary/aromatic N) is 1. The van der Waals surface area contributed by atoms with Crippen LogP contribution in [0.3, 0.4) is 0 Å². The van der Waals surface area contributed by atoms with Crippen LogP contribution in [0.2, 0.25) is 0 Å².